The highest BCUT2D eigenvalue weighted by atomic mass is 16.5. The van der Waals surface area contributed by atoms with Crippen LogP contribution in [0.3, 0.4) is 0 Å². The van der Waals surface area contributed by atoms with Gasteiger partial charge in [-0.1, -0.05) is 61.7 Å². The van der Waals surface area contributed by atoms with E-state index in [9.17, 15) is 14.7 Å². The lowest BCUT2D eigenvalue weighted by molar-refractivity contribution is -0.141. The molecular weight excluding hydrogens is 416 g/mol. The van der Waals surface area contributed by atoms with Gasteiger partial charge < -0.3 is 20.1 Å². The Balaban J connectivity index is 1.88. The standard InChI is InChI=1S/C27H34N2O4/c1-29(2)19-20-12-14-22(15-13-20)25(31)28-27(16-8-5-9-17-27)24(30)18-23(26(32)33-3)21-10-6-4-7-11-21/h4,6-7,10-15,18,23,30H,5,8-9,16-17,19H2,1-3H3,(H,28,31)/b24-18+/t23-/m0/s1. The predicted molar refractivity (Wildman–Crippen MR) is 129 cm³/mol. The number of hydrogen-bond acceptors (Lipinski definition) is 5. The number of nitrogens with one attached hydrogen (secondary N) is 1. The van der Waals surface area contributed by atoms with Gasteiger partial charge in [-0.3, -0.25) is 9.59 Å². The summed E-state index contributed by atoms with van der Waals surface area (Å²) < 4.78 is 4.99. The summed E-state index contributed by atoms with van der Waals surface area (Å²) in [7, 11) is 5.33. The summed E-state index contributed by atoms with van der Waals surface area (Å²) in [6.45, 7) is 0.795. The van der Waals surface area contributed by atoms with E-state index in [1.54, 1.807) is 0 Å². The molecule has 0 aliphatic heterocycles. The van der Waals surface area contributed by atoms with Crippen molar-refractivity contribution in [1.29, 1.82) is 0 Å². The number of methoxy groups -OCH3 is 1. The first-order chi connectivity index (χ1) is 15.8. The minimum atomic E-state index is -0.904. The van der Waals surface area contributed by atoms with Gasteiger partial charge in [-0.25, -0.2) is 0 Å². The molecule has 6 heteroatoms. The minimum Gasteiger partial charge on any atom is -0.510 e. The molecule has 2 aromatic carbocycles. The van der Waals surface area contributed by atoms with E-state index in [1.807, 2.05) is 68.7 Å². The van der Waals surface area contributed by atoms with Crippen LogP contribution in [0.2, 0.25) is 0 Å². The Hall–Kier alpha value is -3.12. The molecule has 33 heavy (non-hydrogen) atoms. The first-order valence-corrected chi connectivity index (χ1v) is 11.4. The van der Waals surface area contributed by atoms with Gasteiger partial charge in [0.15, 0.2) is 0 Å². The molecular formula is C27H34N2O4. The first-order valence-electron chi connectivity index (χ1n) is 11.4. The number of rotatable bonds is 8. The van der Waals surface area contributed by atoms with Crippen molar-refractivity contribution in [2.24, 2.45) is 0 Å². The van der Waals surface area contributed by atoms with Crippen molar-refractivity contribution in [3.8, 4) is 0 Å². The van der Waals surface area contributed by atoms with E-state index in [2.05, 4.69) is 10.2 Å². The molecule has 0 aromatic heterocycles. The van der Waals surface area contributed by atoms with Crippen LogP contribution in [0.25, 0.3) is 0 Å². The molecule has 1 atom stereocenters. The number of esters is 1. The molecule has 176 valence electrons. The van der Waals surface area contributed by atoms with Crippen LogP contribution in [0.1, 0.15) is 59.5 Å². The van der Waals surface area contributed by atoms with Crippen LogP contribution in [-0.4, -0.2) is 48.6 Å². The predicted octanol–water partition coefficient (Wildman–Crippen LogP) is 4.58. The van der Waals surface area contributed by atoms with E-state index in [-0.39, 0.29) is 11.7 Å². The normalized spacial score (nSPS) is 16.8. The average Bonchev–Trinajstić information content (AvgIpc) is 2.83. The number of ether oxygens (including phenoxy) is 1. The highest BCUT2D eigenvalue weighted by Gasteiger charge is 2.39. The van der Waals surface area contributed by atoms with Crippen molar-refractivity contribution in [3.63, 3.8) is 0 Å². The monoisotopic (exact) mass is 450 g/mol. The molecule has 1 fully saturated rings. The molecule has 0 bridgehead atoms. The van der Waals surface area contributed by atoms with Crippen LogP contribution in [-0.2, 0) is 16.1 Å². The molecule has 1 aliphatic carbocycles. The molecule has 1 aliphatic rings. The smallest absolute Gasteiger partial charge is 0.317 e. The summed E-state index contributed by atoms with van der Waals surface area (Å²) in [6, 6.07) is 16.7. The third kappa shape index (κ3) is 6.23. The van der Waals surface area contributed by atoms with Gasteiger partial charge in [0.25, 0.3) is 5.91 Å². The highest BCUT2D eigenvalue weighted by molar-refractivity contribution is 5.95. The fraction of sp³-hybridized carbons (Fsp3) is 0.407. The van der Waals surface area contributed by atoms with Crippen LogP contribution < -0.4 is 5.32 Å². The van der Waals surface area contributed by atoms with Gasteiger partial charge in [-0.05, 0) is 56.3 Å². The summed E-state index contributed by atoms with van der Waals surface area (Å²) >= 11 is 0. The summed E-state index contributed by atoms with van der Waals surface area (Å²) in [5, 5.41) is 14.4. The molecule has 2 N–H and O–H groups in total. The van der Waals surface area contributed by atoms with Crippen LogP contribution in [0, 0.1) is 0 Å². The fourth-order valence-corrected chi connectivity index (χ4v) is 4.42. The van der Waals surface area contributed by atoms with Crippen molar-refractivity contribution in [2.75, 3.05) is 21.2 Å². The van der Waals surface area contributed by atoms with Gasteiger partial charge in [-0.15, -0.1) is 0 Å². The Morgan fingerprint density at radius 3 is 2.27 bits per heavy atom. The molecule has 1 amide bonds. The van der Waals surface area contributed by atoms with Gasteiger partial charge in [0.1, 0.15) is 11.7 Å². The second-order valence-electron chi connectivity index (χ2n) is 9.00. The number of carbonyl (C=O) groups excluding carboxylic acids is 2. The van der Waals surface area contributed by atoms with E-state index >= 15 is 0 Å². The maximum atomic E-state index is 13.2. The van der Waals surface area contributed by atoms with Gasteiger partial charge in [0.2, 0.25) is 0 Å². The fourth-order valence-electron chi connectivity index (χ4n) is 4.42. The lowest BCUT2D eigenvalue weighted by atomic mass is 9.78. The average molecular weight is 451 g/mol. The lowest BCUT2D eigenvalue weighted by Gasteiger charge is -2.38. The Bertz CT molecular complexity index is 961. The number of hydrogen-bond donors (Lipinski definition) is 2. The van der Waals surface area contributed by atoms with Gasteiger partial charge in [-0.2, -0.15) is 0 Å². The second-order valence-corrected chi connectivity index (χ2v) is 9.00. The second kappa shape index (κ2) is 11.1. The zero-order valence-corrected chi connectivity index (χ0v) is 19.7. The van der Waals surface area contributed by atoms with Crippen molar-refractivity contribution in [2.45, 2.75) is 50.1 Å². The molecule has 0 spiro atoms. The summed E-state index contributed by atoms with van der Waals surface area (Å²) in [5.74, 6) is -1.43. The third-order valence-electron chi connectivity index (χ3n) is 6.20. The number of nitrogens with zero attached hydrogens (tertiary/aromatic N) is 1. The Kier molecular flexibility index (Phi) is 8.28. The van der Waals surface area contributed by atoms with Crippen molar-refractivity contribution < 1.29 is 19.4 Å². The maximum Gasteiger partial charge on any atom is 0.317 e. The largest absolute Gasteiger partial charge is 0.510 e. The van der Waals surface area contributed by atoms with Gasteiger partial charge >= 0.3 is 5.97 Å². The lowest BCUT2D eigenvalue weighted by Crippen LogP contribution is -2.51. The molecule has 0 unspecified atom stereocenters. The number of amides is 1. The van der Waals surface area contributed by atoms with Crippen molar-refractivity contribution >= 4 is 11.9 Å². The summed E-state index contributed by atoms with van der Waals surface area (Å²) in [4.78, 5) is 27.7. The van der Waals surface area contributed by atoms with E-state index in [4.69, 9.17) is 4.74 Å². The Labute approximate surface area is 196 Å². The number of aliphatic hydroxyl groups excluding tert-OH is 1. The number of aliphatic hydroxyl groups is 1. The SMILES string of the molecule is COC(=O)[C@@H](/C=C(/O)C1(NC(=O)c2ccc(CN(C)C)cc2)CCCCC1)c1ccccc1. The van der Waals surface area contributed by atoms with E-state index in [1.165, 1.54) is 13.2 Å². The van der Waals surface area contributed by atoms with Gasteiger partial charge in [0, 0.05) is 12.1 Å². The zero-order valence-electron chi connectivity index (χ0n) is 19.7. The summed E-state index contributed by atoms with van der Waals surface area (Å²) in [5.41, 5.74) is 1.49. The van der Waals surface area contributed by atoms with E-state index in [0.717, 1.165) is 36.9 Å². The molecule has 0 radical (unpaired) electrons. The van der Waals surface area contributed by atoms with Crippen molar-refractivity contribution in [1.82, 2.24) is 10.2 Å². The van der Waals surface area contributed by atoms with Crippen LogP contribution >= 0.6 is 0 Å². The van der Waals surface area contributed by atoms with Gasteiger partial charge in [0.05, 0.1) is 12.6 Å². The maximum absolute atomic E-state index is 13.2. The van der Waals surface area contributed by atoms with Crippen LogP contribution in [0.15, 0.2) is 66.4 Å². The highest BCUT2D eigenvalue weighted by Crippen LogP contribution is 2.35. The molecule has 6 nitrogen and oxygen atoms in total. The molecule has 0 saturated heterocycles. The Morgan fingerprint density at radius 2 is 1.70 bits per heavy atom. The first kappa shape index (κ1) is 24.5. The zero-order chi connectivity index (χ0) is 23.8. The van der Waals surface area contributed by atoms with Crippen LogP contribution in [0.5, 0.6) is 0 Å². The molecule has 3 rings (SSSR count). The quantitative estimate of drug-likeness (QED) is 0.455. The van der Waals surface area contributed by atoms with E-state index < -0.39 is 17.4 Å². The van der Waals surface area contributed by atoms with E-state index in [0.29, 0.717) is 18.4 Å². The summed E-state index contributed by atoms with van der Waals surface area (Å²) in [6.07, 6.45) is 5.57. The van der Waals surface area contributed by atoms with Crippen LogP contribution in [0.4, 0.5) is 0 Å². The minimum absolute atomic E-state index is 0.0130. The Morgan fingerprint density at radius 1 is 1.06 bits per heavy atom. The number of benzene rings is 2. The molecule has 2 aromatic rings. The topological polar surface area (TPSA) is 78.9 Å². The number of carbonyl (C=O) groups is 2. The molecule has 1 saturated carbocycles. The van der Waals surface area contributed by atoms with Crippen molar-refractivity contribution in [3.05, 3.63) is 83.1 Å². The third-order valence-corrected chi connectivity index (χ3v) is 6.20. The molecule has 0 heterocycles.